The van der Waals surface area contributed by atoms with E-state index in [1.165, 1.54) is 0 Å². The number of amides is 2. The summed E-state index contributed by atoms with van der Waals surface area (Å²) in [6.07, 6.45) is 1.53. The van der Waals surface area contributed by atoms with E-state index >= 15 is 0 Å². The SMILES string of the molecule is CCn1nc(C)c(CCNC(=O)c2nnn3c2C(=O)N[C@@H](CC(C)C)C3)c1C. The normalized spacial score (nSPS) is 16.2. The lowest BCUT2D eigenvalue weighted by Gasteiger charge is -2.25. The quantitative estimate of drug-likeness (QED) is 0.743. The Morgan fingerprint density at radius 2 is 2.11 bits per heavy atom. The number of hydrogen-bond donors (Lipinski definition) is 2. The highest BCUT2D eigenvalue weighted by Gasteiger charge is 2.32. The average Bonchev–Trinajstić information content (AvgIpc) is 3.17. The van der Waals surface area contributed by atoms with Gasteiger partial charge in [-0.25, -0.2) is 4.68 Å². The second-order valence-electron chi connectivity index (χ2n) is 7.74. The number of nitrogens with one attached hydrogen (secondary N) is 2. The van der Waals surface area contributed by atoms with E-state index in [0.717, 1.165) is 29.9 Å². The van der Waals surface area contributed by atoms with Crippen LogP contribution in [0.25, 0.3) is 0 Å². The van der Waals surface area contributed by atoms with Crippen LogP contribution in [0, 0.1) is 19.8 Å². The lowest BCUT2D eigenvalue weighted by atomic mass is 10.0. The van der Waals surface area contributed by atoms with Gasteiger partial charge in [-0.2, -0.15) is 5.10 Å². The van der Waals surface area contributed by atoms with Crippen LogP contribution in [-0.4, -0.2) is 49.2 Å². The number of rotatable bonds is 7. The molecule has 1 aliphatic rings. The highest BCUT2D eigenvalue weighted by atomic mass is 16.2. The molecule has 2 N–H and O–H groups in total. The van der Waals surface area contributed by atoms with Gasteiger partial charge in [0, 0.05) is 24.8 Å². The molecule has 9 heteroatoms. The van der Waals surface area contributed by atoms with Crippen LogP contribution in [0.15, 0.2) is 0 Å². The molecule has 0 fully saturated rings. The van der Waals surface area contributed by atoms with Crippen LogP contribution in [0.1, 0.15) is 65.1 Å². The zero-order valence-electron chi connectivity index (χ0n) is 17.2. The number of carbonyl (C=O) groups is 2. The summed E-state index contributed by atoms with van der Waals surface area (Å²) in [4.78, 5) is 25.1. The molecule has 3 heterocycles. The molecule has 3 rings (SSSR count). The number of aryl methyl sites for hydroxylation is 2. The summed E-state index contributed by atoms with van der Waals surface area (Å²) in [5.74, 6) is -0.207. The Bertz CT molecular complexity index is 881. The lowest BCUT2D eigenvalue weighted by molar-refractivity contribution is 0.0870. The molecule has 1 atom stereocenters. The van der Waals surface area contributed by atoms with Gasteiger partial charge in [-0.05, 0) is 45.1 Å². The van der Waals surface area contributed by atoms with Crippen LogP contribution in [0.2, 0.25) is 0 Å². The van der Waals surface area contributed by atoms with E-state index in [4.69, 9.17) is 0 Å². The van der Waals surface area contributed by atoms with E-state index in [-0.39, 0.29) is 29.2 Å². The molecule has 152 valence electrons. The Morgan fingerprint density at radius 1 is 1.36 bits per heavy atom. The molecule has 1 aliphatic heterocycles. The molecule has 28 heavy (non-hydrogen) atoms. The van der Waals surface area contributed by atoms with Crippen LogP contribution in [0.4, 0.5) is 0 Å². The zero-order chi connectivity index (χ0) is 20.4. The Morgan fingerprint density at radius 3 is 2.75 bits per heavy atom. The summed E-state index contributed by atoms with van der Waals surface area (Å²) < 4.78 is 3.50. The first-order valence-corrected chi connectivity index (χ1v) is 9.87. The van der Waals surface area contributed by atoms with Crippen LogP contribution >= 0.6 is 0 Å². The second-order valence-corrected chi connectivity index (χ2v) is 7.74. The molecule has 9 nitrogen and oxygen atoms in total. The van der Waals surface area contributed by atoms with Gasteiger partial charge < -0.3 is 10.6 Å². The molecule has 0 aliphatic carbocycles. The third-order valence-electron chi connectivity index (χ3n) is 5.14. The highest BCUT2D eigenvalue weighted by Crippen LogP contribution is 2.16. The van der Waals surface area contributed by atoms with Gasteiger partial charge in [0.25, 0.3) is 11.8 Å². The van der Waals surface area contributed by atoms with Crippen LogP contribution in [0.5, 0.6) is 0 Å². The molecular weight excluding hydrogens is 358 g/mol. The molecule has 2 amide bonds. The van der Waals surface area contributed by atoms with Crippen LogP contribution in [0.3, 0.4) is 0 Å². The first-order chi connectivity index (χ1) is 13.3. The molecule has 0 saturated carbocycles. The fraction of sp³-hybridized carbons (Fsp3) is 0.632. The van der Waals surface area contributed by atoms with Crippen molar-refractivity contribution in [1.82, 2.24) is 35.4 Å². The number of carbonyl (C=O) groups excluding carboxylic acids is 2. The van der Waals surface area contributed by atoms with Gasteiger partial charge in [-0.15, -0.1) is 5.10 Å². The maximum Gasteiger partial charge on any atom is 0.274 e. The van der Waals surface area contributed by atoms with Gasteiger partial charge in [0.2, 0.25) is 0 Å². The van der Waals surface area contributed by atoms with E-state index in [0.29, 0.717) is 25.4 Å². The van der Waals surface area contributed by atoms with E-state index in [9.17, 15) is 9.59 Å². The fourth-order valence-electron chi connectivity index (χ4n) is 3.82. The standard InChI is InChI=1S/C19H29N7O2/c1-6-25-13(5)15(12(4)23-25)7-8-20-18(27)16-17-19(28)21-14(9-11(2)3)10-26(17)24-22-16/h11,14H,6-10H2,1-5H3,(H,20,27)(H,21,28)/t14-/m0/s1. The minimum atomic E-state index is -0.378. The molecule has 0 saturated heterocycles. The minimum absolute atomic E-state index is 0.0127. The smallest absolute Gasteiger partial charge is 0.274 e. The van der Waals surface area contributed by atoms with E-state index < -0.39 is 0 Å². The van der Waals surface area contributed by atoms with E-state index in [1.54, 1.807) is 4.68 Å². The predicted molar refractivity (Wildman–Crippen MR) is 104 cm³/mol. The fourth-order valence-corrected chi connectivity index (χ4v) is 3.82. The van der Waals surface area contributed by atoms with Gasteiger partial charge in [0.15, 0.2) is 11.4 Å². The molecule has 0 bridgehead atoms. The van der Waals surface area contributed by atoms with Crippen molar-refractivity contribution in [2.75, 3.05) is 6.54 Å². The molecule has 0 unspecified atom stereocenters. The molecular formula is C19H29N7O2. The summed E-state index contributed by atoms with van der Waals surface area (Å²) in [6.45, 7) is 12.1. The number of hydrogen-bond acceptors (Lipinski definition) is 5. The largest absolute Gasteiger partial charge is 0.350 e. The van der Waals surface area contributed by atoms with Crippen molar-refractivity contribution in [3.05, 3.63) is 28.3 Å². The Labute approximate surface area is 164 Å². The van der Waals surface area contributed by atoms with Gasteiger partial charge >= 0.3 is 0 Å². The third kappa shape index (κ3) is 3.93. The summed E-state index contributed by atoms with van der Waals surface area (Å²) in [5, 5.41) is 18.3. The number of fused-ring (bicyclic) bond motifs is 1. The Balaban J connectivity index is 1.65. The highest BCUT2D eigenvalue weighted by molar-refractivity contribution is 6.05. The Hall–Kier alpha value is -2.71. The number of nitrogens with zero attached hydrogens (tertiary/aromatic N) is 5. The molecule has 0 radical (unpaired) electrons. The summed E-state index contributed by atoms with van der Waals surface area (Å²) in [7, 11) is 0. The van der Waals surface area contributed by atoms with Gasteiger partial charge in [-0.3, -0.25) is 14.3 Å². The molecule has 2 aromatic rings. The molecule has 0 aromatic carbocycles. The average molecular weight is 387 g/mol. The van der Waals surface area contributed by atoms with Gasteiger partial charge in [0.1, 0.15) is 0 Å². The monoisotopic (exact) mass is 387 g/mol. The van der Waals surface area contributed by atoms with Crippen molar-refractivity contribution in [1.29, 1.82) is 0 Å². The van der Waals surface area contributed by atoms with Crippen molar-refractivity contribution in [2.45, 2.75) is 66.6 Å². The van der Waals surface area contributed by atoms with E-state index in [1.807, 2.05) is 18.5 Å². The van der Waals surface area contributed by atoms with Crippen molar-refractivity contribution < 1.29 is 9.59 Å². The predicted octanol–water partition coefficient (Wildman–Crippen LogP) is 1.24. The maximum atomic E-state index is 12.6. The Kier molecular flexibility index (Phi) is 5.81. The summed E-state index contributed by atoms with van der Waals surface area (Å²) in [5.41, 5.74) is 3.55. The summed E-state index contributed by atoms with van der Waals surface area (Å²) >= 11 is 0. The first-order valence-electron chi connectivity index (χ1n) is 9.87. The first kappa shape index (κ1) is 20.0. The lowest BCUT2D eigenvalue weighted by Crippen LogP contribution is -2.46. The minimum Gasteiger partial charge on any atom is -0.350 e. The third-order valence-corrected chi connectivity index (χ3v) is 5.14. The molecule has 0 spiro atoms. The van der Waals surface area contributed by atoms with Crippen molar-refractivity contribution in [2.24, 2.45) is 5.92 Å². The molecule has 2 aromatic heterocycles. The van der Waals surface area contributed by atoms with Crippen molar-refractivity contribution >= 4 is 11.8 Å². The summed E-state index contributed by atoms with van der Waals surface area (Å²) in [6, 6.07) is 0.0127. The van der Waals surface area contributed by atoms with Crippen molar-refractivity contribution in [3.8, 4) is 0 Å². The number of aromatic nitrogens is 5. The van der Waals surface area contributed by atoms with Crippen LogP contribution in [-0.2, 0) is 19.5 Å². The van der Waals surface area contributed by atoms with Gasteiger partial charge in [-0.1, -0.05) is 19.1 Å². The maximum absolute atomic E-state index is 12.6. The van der Waals surface area contributed by atoms with Crippen LogP contribution < -0.4 is 10.6 Å². The topological polar surface area (TPSA) is 107 Å². The second kappa shape index (κ2) is 8.12. The van der Waals surface area contributed by atoms with E-state index in [2.05, 4.69) is 46.8 Å². The van der Waals surface area contributed by atoms with Gasteiger partial charge in [0.05, 0.1) is 12.2 Å². The zero-order valence-corrected chi connectivity index (χ0v) is 17.2. The van der Waals surface area contributed by atoms with Crippen molar-refractivity contribution in [3.63, 3.8) is 0 Å².